The van der Waals surface area contributed by atoms with E-state index in [-0.39, 0.29) is 11.8 Å². The summed E-state index contributed by atoms with van der Waals surface area (Å²) in [7, 11) is 0. The molecular weight excluding hydrogens is 256 g/mol. The Kier molecular flexibility index (Phi) is 5.40. The first-order chi connectivity index (χ1) is 9.58. The molecule has 1 amide bonds. The summed E-state index contributed by atoms with van der Waals surface area (Å²) < 4.78 is 0. The first kappa shape index (κ1) is 15.3. The molecule has 2 rings (SSSR count). The lowest BCUT2D eigenvalue weighted by atomic mass is 9.95. The van der Waals surface area contributed by atoms with E-state index >= 15 is 0 Å². The molecule has 0 radical (unpaired) electrons. The molecule has 0 aromatic rings. The summed E-state index contributed by atoms with van der Waals surface area (Å²) in [5.41, 5.74) is 0. The van der Waals surface area contributed by atoms with E-state index < -0.39 is 11.9 Å². The summed E-state index contributed by atoms with van der Waals surface area (Å²) in [5.74, 6) is -1.28. The Labute approximate surface area is 120 Å². The third-order valence-corrected chi connectivity index (χ3v) is 4.56. The second-order valence-corrected chi connectivity index (χ2v) is 6.34. The van der Waals surface area contributed by atoms with Gasteiger partial charge in [-0.15, -0.1) is 0 Å². The zero-order valence-corrected chi connectivity index (χ0v) is 12.3. The number of likely N-dealkylation sites (tertiary alicyclic amines) is 1. The molecule has 2 fully saturated rings. The summed E-state index contributed by atoms with van der Waals surface area (Å²) in [5, 5.41) is 12.1. The van der Waals surface area contributed by atoms with E-state index in [9.17, 15) is 9.59 Å². The summed E-state index contributed by atoms with van der Waals surface area (Å²) in [4.78, 5) is 25.6. The van der Waals surface area contributed by atoms with Gasteiger partial charge in [0, 0.05) is 13.1 Å². The number of aliphatic carboxylic acids is 1. The average Bonchev–Trinajstić information content (AvgIpc) is 3.06. The van der Waals surface area contributed by atoms with Gasteiger partial charge in [-0.25, -0.2) is 0 Å². The van der Waals surface area contributed by atoms with E-state index in [0.717, 1.165) is 13.0 Å². The zero-order valence-electron chi connectivity index (χ0n) is 12.3. The largest absolute Gasteiger partial charge is 0.481 e. The molecule has 5 heteroatoms. The molecule has 0 spiro atoms. The Bertz CT molecular complexity index is 353. The standard InChI is InChI=1S/C15H26N2O3/c1-11(10-17-7-2-3-8-17)9-16-14(18)12-5-4-6-13(12)15(19)20/h11-13H,2-10H2,1H3,(H,16,18)(H,19,20)/t11?,12-,13+/m1/s1. The van der Waals surface area contributed by atoms with Crippen molar-refractivity contribution in [3.63, 3.8) is 0 Å². The van der Waals surface area contributed by atoms with Crippen LogP contribution in [0.4, 0.5) is 0 Å². The Morgan fingerprint density at radius 2 is 1.85 bits per heavy atom. The van der Waals surface area contributed by atoms with Crippen molar-refractivity contribution in [3.05, 3.63) is 0 Å². The molecule has 3 atom stereocenters. The van der Waals surface area contributed by atoms with Gasteiger partial charge < -0.3 is 15.3 Å². The van der Waals surface area contributed by atoms with E-state index in [1.807, 2.05) is 0 Å². The van der Waals surface area contributed by atoms with Gasteiger partial charge in [0.15, 0.2) is 0 Å². The van der Waals surface area contributed by atoms with Crippen LogP contribution in [-0.4, -0.2) is 48.1 Å². The number of carbonyl (C=O) groups excluding carboxylic acids is 1. The second-order valence-electron chi connectivity index (χ2n) is 6.34. The maximum atomic E-state index is 12.1. The van der Waals surface area contributed by atoms with Crippen molar-refractivity contribution >= 4 is 11.9 Å². The molecule has 114 valence electrons. The van der Waals surface area contributed by atoms with E-state index in [1.54, 1.807) is 0 Å². The third kappa shape index (κ3) is 3.95. The van der Waals surface area contributed by atoms with Gasteiger partial charge in [0.25, 0.3) is 0 Å². The first-order valence-corrected chi connectivity index (χ1v) is 7.81. The molecule has 0 bridgehead atoms. The third-order valence-electron chi connectivity index (χ3n) is 4.56. The topological polar surface area (TPSA) is 69.6 Å². The minimum Gasteiger partial charge on any atom is -0.481 e. The predicted molar refractivity (Wildman–Crippen MR) is 76.3 cm³/mol. The number of carboxylic acid groups (broad SMARTS) is 1. The molecule has 5 nitrogen and oxygen atoms in total. The van der Waals surface area contributed by atoms with Crippen LogP contribution in [0, 0.1) is 17.8 Å². The smallest absolute Gasteiger partial charge is 0.307 e. The van der Waals surface area contributed by atoms with Gasteiger partial charge in [0.05, 0.1) is 11.8 Å². The maximum Gasteiger partial charge on any atom is 0.307 e. The fourth-order valence-electron chi connectivity index (χ4n) is 3.45. The van der Waals surface area contributed by atoms with Crippen LogP contribution < -0.4 is 5.32 Å². The van der Waals surface area contributed by atoms with Crippen molar-refractivity contribution < 1.29 is 14.7 Å². The molecule has 0 aromatic carbocycles. The molecule has 1 aliphatic heterocycles. The van der Waals surface area contributed by atoms with Crippen LogP contribution in [0.2, 0.25) is 0 Å². The van der Waals surface area contributed by atoms with Gasteiger partial charge in [-0.3, -0.25) is 9.59 Å². The van der Waals surface area contributed by atoms with Crippen molar-refractivity contribution in [2.75, 3.05) is 26.2 Å². The van der Waals surface area contributed by atoms with Crippen molar-refractivity contribution in [3.8, 4) is 0 Å². The van der Waals surface area contributed by atoms with Gasteiger partial charge in [-0.05, 0) is 44.7 Å². The molecule has 0 aromatic heterocycles. The monoisotopic (exact) mass is 282 g/mol. The van der Waals surface area contributed by atoms with Gasteiger partial charge in [-0.2, -0.15) is 0 Å². The fourth-order valence-corrected chi connectivity index (χ4v) is 3.45. The van der Waals surface area contributed by atoms with Gasteiger partial charge in [-0.1, -0.05) is 13.3 Å². The SMILES string of the molecule is CC(CNC(=O)[C@@H]1CCC[C@@H]1C(=O)O)CN1CCCC1. The van der Waals surface area contributed by atoms with Crippen LogP contribution in [0.5, 0.6) is 0 Å². The highest BCUT2D eigenvalue weighted by molar-refractivity contribution is 5.85. The number of rotatable bonds is 6. The Morgan fingerprint density at radius 3 is 2.50 bits per heavy atom. The van der Waals surface area contributed by atoms with Crippen LogP contribution in [0.25, 0.3) is 0 Å². The number of amides is 1. The second kappa shape index (κ2) is 7.07. The normalized spacial score (nSPS) is 28.4. The van der Waals surface area contributed by atoms with Crippen molar-refractivity contribution in [1.29, 1.82) is 0 Å². The minimum atomic E-state index is -0.826. The van der Waals surface area contributed by atoms with Crippen LogP contribution in [0.3, 0.4) is 0 Å². The number of carboxylic acids is 1. The lowest BCUT2D eigenvalue weighted by Gasteiger charge is -2.22. The highest BCUT2D eigenvalue weighted by Crippen LogP contribution is 2.32. The highest BCUT2D eigenvalue weighted by atomic mass is 16.4. The molecular formula is C15H26N2O3. The molecule has 20 heavy (non-hydrogen) atoms. The molecule has 1 saturated carbocycles. The maximum absolute atomic E-state index is 12.1. The van der Waals surface area contributed by atoms with Gasteiger partial charge in [0.2, 0.25) is 5.91 Å². The van der Waals surface area contributed by atoms with Crippen LogP contribution >= 0.6 is 0 Å². The summed E-state index contributed by atoms with van der Waals surface area (Å²) in [6, 6.07) is 0. The lowest BCUT2D eigenvalue weighted by molar-refractivity contribution is -0.146. The summed E-state index contributed by atoms with van der Waals surface area (Å²) in [6.07, 6.45) is 4.75. The van der Waals surface area contributed by atoms with Gasteiger partial charge >= 0.3 is 5.97 Å². The van der Waals surface area contributed by atoms with Crippen molar-refractivity contribution in [2.45, 2.75) is 39.0 Å². The van der Waals surface area contributed by atoms with Gasteiger partial charge in [0.1, 0.15) is 0 Å². The molecule has 1 aliphatic carbocycles. The first-order valence-electron chi connectivity index (χ1n) is 7.81. The van der Waals surface area contributed by atoms with Crippen LogP contribution in [0.15, 0.2) is 0 Å². The molecule has 2 N–H and O–H groups in total. The van der Waals surface area contributed by atoms with Crippen LogP contribution in [-0.2, 0) is 9.59 Å². The Hall–Kier alpha value is -1.10. The van der Waals surface area contributed by atoms with Crippen molar-refractivity contribution in [2.24, 2.45) is 17.8 Å². The fraction of sp³-hybridized carbons (Fsp3) is 0.867. The number of nitrogens with one attached hydrogen (secondary N) is 1. The Morgan fingerprint density at radius 1 is 1.20 bits per heavy atom. The molecule has 1 unspecified atom stereocenters. The summed E-state index contributed by atoms with van der Waals surface area (Å²) >= 11 is 0. The minimum absolute atomic E-state index is 0.0665. The van der Waals surface area contributed by atoms with Crippen LogP contribution in [0.1, 0.15) is 39.0 Å². The Balaban J connectivity index is 1.72. The number of hydrogen-bond acceptors (Lipinski definition) is 3. The quantitative estimate of drug-likeness (QED) is 0.771. The zero-order chi connectivity index (χ0) is 14.5. The molecule has 1 heterocycles. The lowest BCUT2D eigenvalue weighted by Crippen LogP contribution is -2.39. The molecule has 2 aliphatic rings. The number of hydrogen-bond donors (Lipinski definition) is 2. The average molecular weight is 282 g/mol. The number of carbonyl (C=O) groups is 2. The summed E-state index contributed by atoms with van der Waals surface area (Å²) in [6.45, 7) is 6.15. The van der Waals surface area contributed by atoms with E-state index in [4.69, 9.17) is 5.11 Å². The van der Waals surface area contributed by atoms with Crippen molar-refractivity contribution in [1.82, 2.24) is 10.2 Å². The highest BCUT2D eigenvalue weighted by Gasteiger charge is 2.37. The predicted octanol–water partition coefficient (Wildman–Crippen LogP) is 1.34. The van der Waals surface area contributed by atoms with E-state index in [2.05, 4.69) is 17.1 Å². The van der Waals surface area contributed by atoms with E-state index in [1.165, 1.54) is 25.9 Å². The molecule has 1 saturated heterocycles. The van der Waals surface area contributed by atoms with E-state index in [0.29, 0.717) is 25.3 Å². The number of nitrogens with zero attached hydrogens (tertiary/aromatic N) is 1.